The second-order valence-corrected chi connectivity index (χ2v) is 5.97. The third-order valence-corrected chi connectivity index (χ3v) is 3.79. The van der Waals surface area contributed by atoms with Gasteiger partial charge < -0.3 is 4.55 Å². The van der Waals surface area contributed by atoms with Gasteiger partial charge in [0.1, 0.15) is 0 Å². The summed E-state index contributed by atoms with van der Waals surface area (Å²) in [7, 11) is -3.33. The van der Waals surface area contributed by atoms with Crippen molar-refractivity contribution in [1.82, 2.24) is 0 Å². The van der Waals surface area contributed by atoms with Gasteiger partial charge >= 0.3 is 0 Å². The third kappa shape index (κ3) is 2.54. The molecule has 0 bridgehead atoms. The topological polar surface area (TPSA) is 71.4 Å². The molecule has 0 saturated carbocycles. The SMILES string of the molecule is CS(=O)(=O)c1ccc(S(=O)O)c(Cl)c1. The number of halogens is 1. The van der Waals surface area contributed by atoms with Crippen molar-refractivity contribution in [3.63, 3.8) is 0 Å². The maximum atomic E-state index is 11.1. The maximum Gasteiger partial charge on any atom is 0.188 e. The molecule has 0 amide bonds. The summed E-state index contributed by atoms with van der Waals surface area (Å²) in [5.41, 5.74) is 0. The van der Waals surface area contributed by atoms with E-state index in [1.807, 2.05) is 0 Å². The summed E-state index contributed by atoms with van der Waals surface area (Å²) in [6.07, 6.45) is 1.04. The Morgan fingerprint density at radius 1 is 1.43 bits per heavy atom. The fourth-order valence-electron chi connectivity index (χ4n) is 0.854. The van der Waals surface area contributed by atoms with E-state index in [9.17, 15) is 12.6 Å². The van der Waals surface area contributed by atoms with Gasteiger partial charge in [0.05, 0.1) is 14.8 Å². The van der Waals surface area contributed by atoms with Gasteiger partial charge in [0.15, 0.2) is 20.9 Å². The van der Waals surface area contributed by atoms with Crippen LogP contribution in [0.25, 0.3) is 0 Å². The van der Waals surface area contributed by atoms with E-state index < -0.39 is 20.9 Å². The Morgan fingerprint density at radius 3 is 2.36 bits per heavy atom. The summed E-state index contributed by atoms with van der Waals surface area (Å²) in [5.74, 6) is 0. The van der Waals surface area contributed by atoms with Crippen LogP contribution in [-0.4, -0.2) is 23.4 Å². The van der Waals surface area contributed by atoms with Crippen molar-refractivity contribution < 1.29 is 17.2 Å². The van der Waals surface area contributed by atoms with Crippen molar-refractivity contribution in [2.24, 2.45) is 0 Å². The maximum absolute atomic E-state index is 11.1. The van der Waals surface area contributed by atoms with Gasteiger partial charge in [0.25, 0.3) is 0 Å². The molecule has 1 atom stereocenters. The van der Waals surface area contributed by atoms with Crippen LogP contribution in [0.15, 0.2) is 28.0 Å². The zero-order chi connectivity index (χ0) is 10.9. The molecule has 1 rings (SSSR count). The summed E-state index contributed by atoms with van der Waals surface area (Å²) in [6.45, 7) is 0. The van der Waals surface area contributed by atoms with Gasteiger partial charge in [-0.15, -0.1) is 0 Å². The lowest BCUT2D eigenvalue weighted by Crippen LogP contribution is -1.98. The van der Waals surface area contributed by atoms with Crippen molar-refractivity contribution in [3.05, 3.63) is 23.2 Å². The molecule has 7 heteroatoms. The van der Waals surface area contributed by atoms with Crippen molar-refractivity contribution >= 4 is 32.5 Å². The second kappa shape index (κ2) is 3.98. The van der Waals surface area contributed by atoms with Gasteiger partial charge in [0, 0.05) is 6.26 Å². The molecule has 4 nitrogen and oxygen atoms in total. The van der Waals surface area contributed by atoms with Crippen molar-refractivity contribution in [2.75, 3.05) is 6.26 Å². The first kappa shape index (κ1) is 11.6. The van der Waals surface area contributed by atoms with Crippen LogP contribution in [-0.2, 0) is 20.9 Å². The lowest BCUT2D eigenvalue weighted by molar-refractivity contribution is 0.564. The van der Waals surface area contributed by atoms with E-state index in [2.05, 4.69) is 0 Å². The Bertz CT molecular complexity index is 480. The van der Waals surface area contributed by atoms with E-state index in [1.165, 1.54) is 12.1 Å². The first-order chi connectivity index (χ1) is 6.32. The Balaban J connectivity index is 3.34. The van der Waals surface area contributed by atoms with Crippen molar-refractivity contribution in [1.29, 1.82) is 0 Å². The highest BCUT2D eigenvalue weighted by molar-refractivity contribution is 7.90. The normalized spacial score (nSPS) is 13.9. The largest absolute Gasteiger partial charge is 0.302 e. The molecule has 78 valence electrons. The molecule has 0 heterocycles. The molecule has 1 aromatic carbocycles. The summed E-state index contributed by atoms with van der Waals surface area (Å²) < 4.78 is 41.5. The molecule has 1 aromatic rings. The van der Waals surface area contributed by atoms with Crippen LogP contribution in [0.3, 0.4) is 0 Å². The summed E-state index contributed by atoms with van der Waals surface area (Å²) in [6, 6.07) is 3.61. The van der Waals surface area contributed by atoms with Gasteiger partial charge in [0.2, 0.25) is 0 Å². The fraction of sp³-hybridized carbons (Fsp3) is 0.143. The second-order valence-electron chi connectivity index (χ2n) is 2.61. The Labute approximate surface area is 89.1 Å². The first-order valence-corrected chi connectivity index (χ1v) is 6.80. The molecule has 0 aliphatic heterocycles. The Morgan fingerprint density at radius 2 is 2.00 bits per heavy atom. The molecular weight excluding hydrogens is 248 g/mol. The first-order valence-electron chi connectivity index (χ1n) is 3.43. The smallest absolute Gasteiger partial charge is 0.188 e. The highest BCUT2D eigenvalue weighted by atomic mass is 35.5. The van der Waals surface area contributed by atoms with Gasteiger partial charge in [-0.3, -0.25) is 0 Å². The number of hydrogen-bond donors (Lipinski definition) is 1. The molecule has 0 radical (unpaired) electrons. The van der Waals surface area contributed by atoms with E-state index in [4.69, 9.17) is 16.2 Å². The molecule has 1 unspecified atom stereocenters. The number of hydrogen-bond acceptors (Lipinski definition) is 3. The van der Waals surface area contributed by atoms with Crippen molar-refractivity contribution in [3.8, 4) is 0 Å². The quantitative estimate of drug-likeness (QED) is 0.808. The van der Waals surface area contributed by atoms with Gasteiger partial charge in [-0.1, -0.05) is 11.6 Å². The number of benzene rings is 1. The molecule has 14 heavy (non-hydrogen) atoms. The van der Waals surface area contributed by atoms with Crippen molar-refractivity contribution in [2.45, 2.75) is 9.79 Å². The lowest BCUT2D eigenvalue weighted by atomic mass is 10.4. The highest BCUT2D eigenvalue weighted by Crippen LogP contribution is 2.22. The third-order valence-electron chi connectivity index (χ3n) is 1.52. The van der Waals surface area contributed by atoms with E-state index in [-0.39, 0.29) is 14.8 Å². The van der Waals surface area contributed by atoms with Crippen LogP contribution >= 0.6 is 11.6 Å². The van der Waals surface area contributed by atoms with Crippen LogP contribution in [0.1, 0.15) is 0 Å². The van der Waals surface area contributed by atoms with Gasteiger partial charge in [-0.25, -0.2) is 12.6 Å². The minimum Gasteiger partial charge on any atom is -0.302 e. The van der Waals surface area contributed by atoms with E-state index in [0.717, 1.165) is 12.3 Å². The molecule has 0 spiro atoms. The molecule has 0 aromatic heterocycles. The minimum absolute atomic E-state index is 0.000864. The summed E-state index contributed by atoms with van der Waals surface area (Å²) in [5, 5.41) is -0.0336. The van der Waals surface area contributed by atoms with Gasteiger partial charge in [-0.05, 0) is 18.2 Å². The Kier molecular flexibility index (Phi) is 3.31. The van der Waals surface area contributed by atoms with Crippen LogP contribution in [0.2, 0.25) is 5.02 Å². The number of rotatable bonds is 2. The molecule has 0 saturated heterocycles. The van der Waals surface area contributed by atoms with Gasteiger partial charge in [-0.2, -0.15) is 0 Å². The zero-order valence-corrected chi connectivity index (χ0v) is 9.49. The predicted molar refractivity (Wildman–Crippen MR) is 53.6 cm³/mol. The minimum atomic E-state index is -3.33. The van der Waals surface area contributed by atoms with E-state index in [1.54, 1.807) is 0 Å². The molecule has 0 fully saturated rings. The standard InChI is InChI=1S/C7H7ClO4S2/c1-14(11,12)5-2-3-7(13(9)10)6(8)4-5/h2-4H,1H3,(H,9,10). The summed E-state index contributed by atoms with van der Waals surface area (Å²) in [4.78, 5) is 0.0239. The lowest BCUT2D eigenvalue weighted by Gasteiger charge is -2.01. The average Bonchev–Trinajstić information content (AvgIpc) is 2.01. The monoisotopic (exact) mass is 254 g/mol. The molecule has 0 aliphatic carbocycles. The summed E-state index contributed by atoms with van der Waals surface area (Å²) >= 11 is 3.41. The van der Waals surface area contributed by atoms with Crippen LogP contribution in [0.5, 0.6) is 0 Å². The number of sulfone groups is 1. The van der Waals surface area contributed by atoms with E-state index >= 15 is 0 Å². The molecule has 0 aliphatic rings. The van der Waals surface area contributed by atoms with E-state index in [0.29, 0.717) is 0 Å². The fourth-order valence-corrected chi connectivity index (χ4v) is 2.35. The zero-order valence-electron chi connectivity index (χ0n) is 7.10. The predicted octanol–water partition coefficient (Wildman–Crippen LogP) is 1.32. The highest BCUT2D eigenvalue weighted by Gasteiger charge is 2.12. The Hall–Kier alpha value is -0.430. The molecular formula is C7H7ClO4S2. The average molecular weight is 255 g/mol. The molecule has 1 N–H and O–H groups in total. The van der Waals surface area contributed by atoms with Crippen LogP contribution in [0, 0.1) is 0 Å². The van der Waals surface area contributed by atoms with Crippen LogP contribution < -0.4 is 0 Å². The van der Waals surface area contributed by atoms with Crippen LogP contribution in [0.4, 0.5) is 0 Å².